The van der Waals surface area contributed by atoms with E-state index >= 15 is 0 Å². The van der Waals surface area contributed by atoms with E-state index in [1.54, 1.807) is 54.6 Å². The van der Waals surface area contributed by atoms with E-state index in [9.17, 15) is 52.7 Å². The molecule has 79 heavy (non-hydrogen) atoms. The van der Waals surface area contributed by atoms with Crippen LogP contribution < -0.4 is 70.6 Å². The van der Waals surface area contributed by atoms with Crippen LogP contribution in [0.2, 0.25) is 0 Å². The normalized spacial score (nSPS) is 16.7. The summed E-state index contributed by atoms with van der Waals surface area (Å²) in [5, 5.41) is 17.9. The van der Waals surface area contributed by atoms with E-state index in [4.69, 9.17) is 46.0 Å². The molecule has 2 aromatic rings. The van der Waals surface area contributed by atoms with Gasteiger partial charge in [-0.05, 0) is 68.2 Å². The van der Waals surface area contributed by atoms with E-state index < -0.39 is 138 Å². The molecule has 0 radical (unpaired) electrons. The van der Waals surface area contributed by atoms with Gasteiger partial charge in [0.15, 0.2) is 5.96 Å². The Balaban J connectivity index is 1.54. The predicted octanol–water partition coefficient (Wildman–Crippen LogP) is -3.26. The number of amides is 11. The van der Waals surface area contributed by atoms with Crippen LogP contribution >= 0.6 is 25.3 Å². The molecule has 0 aromatic heterocycles. The maximum absolute atomic E-state index is 14.5. The summed E-state index contributed by atoms with van der Waals surface area (Å²) in [6.07, 6.45) is 2.22. The second-order valence-electron chi connectivity index (χ2n) is 19.5. The standard InChI is InChI=1S/C51H74N14O12S2/c1-77-31-15-13-30(14-16-31)24-34(59-42(69)26-51(79)19-5-6-20-51)45(72)62-35(23-29-9-3-2-4-10-29)46(73)60-33(17-18-39(52)66)44(71)63-36(25-40(53)67)47(74)64-37(28-78)49(76)65-22-8-12-38(65)48(75)61-32(11-7-21-57-50(55)56)43(70)58-27-41(54)68/h2-4,9-10,13-16,32-38,78-79H,5-8,11-12,17-28H2,1H3,(H2,52,66)(H2,53,67)(H2,54,68)(H,58,70)(H,59,69)(H,60,73)(H,61,75)(H,62,72)(H,63,71)(H,64,74)(H4,55,56,57)/t32-,33-,34-,35-,36-,37-,38-/m0/s1. The van der Waals surface area contributed by atoms with Gasteiger partial charge in [0.05, 0.1) is 20.1 Å². The number of hydrogen-bond acceptors (Lipinski definition) is 15. The van der Waals surface area contributed by atoms with Crippen LogP contribution in [0.15, 0.2) is 59.6 Å². The van der Waals surface area contributed by atoms with E-state index in [1.807, 2.05) is 0 Å². The molecular weight excluding hydrogens is 1060 g/mol. The fraction of sp³-hybridized carbons (Fsp3) is 0.529. The Morgan fingerprint density at radius 1 is 0.658 bits per heavy atom. The maximum atomic E-state index is 14.5. The van der Waals surface area contributed by atoms with Crippen molar-refractivity contribution in [2.24, 2.45) is 33.7 Å². The third-order valence-electron chi connectivity index (χ3n) is 13.2. The number of likely N-dealkylation sites (tertiary alicyclic amines) is 1. The summed E-state index contributed by atoms with van der Waals surface area (Å²) >= 11 is 9.04. The minimum absolute atomic E-state index is 0.00630. The first-order chi connectivity index (χ1) is 37.5. The highest BCUT2D eigenvalue weighted by atomic mass is 32.1. The van der Waals surface area contributed by atoms with Crippen molar-refractivity contribution >= 4 is 96.2 Å². The molecule has 2 aromatic carbocycles. The average Bonchev–Trinajstić information content (AvgIpc) is 4.08. The first-order valence-corrected chi connectivity index (χ1v) is 26.9. The largest absolute Gasteiger partial charge is 0.497 e. The van der Waals surface area contributed by atoms with Gasteiger partial charge in [0.1, 0.15) is 48.0 Å². The van der Waals surface area contributed by atoms with Crippen molar-refractivity contribution in [2.75, 3.05) is 32.5 Å². The molecule has 17 N–H and O–H groups in total. The zero-order chi connectivity index (χ0) is 58.2. The Morgan fingerprint density at radius 2 is 1.22 bits per heavy atom. The minimum atomic E-state index is -1.78. The summed E-state index contributed by atoms with van der Waals surface area (Å²) in [4.78, 5) is 152. The number of nitrogens with two attached hydrogens (primary N) is 5. The summed E-state index contributed by atoms with van der Waals surface area (Å²) in [5.74, 6) is -9.24. The topological polar surface area (TPSA) is 427 Å². The Kier molecular flexibility index (Phi) is 25.6. The second-order valence-corrected chi connectivity index (χ2v) is 20.8. The molecular formula is C51H74N14O12S2. The van der Waals surface area contributed by atoms with E-state index in [0.717, 1.165) is 12.8 Å². The fourth-order valence-electron chi connectivity index (χ4n) is 9.10. The van der Waals surface area contributed by atoms with Gasteiger partial charge in [0.2, 0.25) is 65.0 Å². The van der Waals surface area contributed by atoms with Gasteiger partial charge in [-0.3, -0.25) is 57.7 Å². The van der Waals surface area contributed by atoms with Gasteiger partial charge in [-0.1, -0.05) is 55.3 Å². The lowest BCUT2D eigenvalue weighted by molar-refractivity contribution is -0.142. The van der Waals surface area contributed by atoms with Crippen LogP contribution in [0.3, 0.4) is 0 Å². The number of methoxy groups -OCH3 is 1. The van der Waals surface area contributed by atoms with Crippen molar-refractivity contribution in [3.05, 3.63) is 65.7 Å². The van der Waals surface area contributed by atoms with Gasteiger partial charge < -0.3 is 75.5 Å². The first kappa shape index (κ1) is 63.9. The number of ether oxygens (including phenoxy) is 1. The molecule has 432 valence electrons. The van der Waals surface area contributed by atoms with Crippen molar-refractivity contribution < 1.29 is 57.5 Å². The van der Waals surface area contributed by atoms with Crippen molar-refractivity contribution in [1.82, 2.24) is 42.1 Å². The molecule has 26 nitrogen and oxygen atoms in total. The molecule has 4 rings (SSSR count). The van der Waals surface area contributed by atoms with Crippen molar-refractivity contribution in [1.29, 1.82) is 0 Å². The van der Waals surface area contributed by atoms with Crippen LogP contribution in [0, 0.1) is 0 Å². The number of nitrogens with one attached hydrogen (secondary N) is 7. The lowest BCUT2D eigenvalue weighted by Gasteiger charge is -2.30. The Morgan fingerprint density at radius 3 is 1.80 bits per heavy atom. The summed E-state index contributed by atoms with van der Waals surface area (Å²) in [6, 6.07) is 5.60. The maximum Gasteiger partial charge on any atom is 0.246 e. The summed E-state index contributed by atoms with van der Waals surface area (Å²) in [6.45, 7) is -0.360. The van der Waals surface area contributed by atoms with Crippen LogP contribution in [0.25, 0.3) is 0 Å². The molecule has 7 atom stereocenters. The van der Waals surface area contributed by atoms with E-state index in [-0.39, 0.29) is 63.3 Å². The lowest BCUT2D eigenvalue weighted by Crippen LogP contribution is -2.61. The molecule has 2 aliphatic rings. The monoisotopic (exact) mass is 1140 g/mol. The Labute approximate surface area is 468 Å². The van der Waals surface area contributed by atoms with Gasteiger partial charge in [-0.15, -0.1) is 0 Å². The smallest absolute Gasteiger partial charge is 0.246 e. The van der Waals surface area contributed by atoms with E-state index in [0.29, 0.717) is 36.1 Å². The molecule has 1 aliphatic heterocycles. The number of guanidine groups is 1. The summed E-state index contributed by atoms with van der Waals surface area (Å²) in [5.41, 5.74) is 28.2. The molecule has 1 heterocycles. The highest BCUT2D eigenvalue weighted by molar-refractivity contribution is 7.81. The highest BCUT2D eigenvalue weighted by Gasteiger charge is 2.40. The predicted molar refractivity (Wildman–Crippen MR) is 296 cm³/mol. The quantitative estimate of drug-likeness (QED) is 0.0148. The van der Waals surface area contributed by atoms with Gasteiger partial charge in [0.25, 0.3) is 0 Å². The van der Waals surface area contributed by atoms with Gasteiger partial charge in [0, 0.05) is 49.3 Å². The number of rotatable bonds is 32. The van der Waals surface area contributed by atoms with E-state index in [1.165, 1.54) is 12.0 Å². The third-order valence-corrected chi connectivity index (χ3v) is 14.2. The first-order valence-electron chi connectivity index (χ1n) is 25.8. The van der Waals surface area contributed by atoms with Crippen LogP contribution in [0.4, 0.5) is 0 Å². The van der Waals surface area contributed by atoms with Crippen LogP contribution in [0.5, 0.6) is 5.75 Å². The summed E-state index contributed by atoms with van der Waals surface area (Å²) in [7, 11) is 1.50. The third kappa shape index (κ3) is 21.6. The number of primary amides is 3. The SMILES string of the molecule is COc1ccc(C[C@H](NC(=O)CC2(S)CCCC2)C(=O)N[C@@H](Cc2ccccc2)C(=O)N[C@@H](CCC(N)=O)C(=O)N[C@@H](CC(N)=O)C(=O)N[C@@H](CS)C(=O)N2CCC[C@H]2C(=O)N[C@@H](CCCN=C(N)N)C(=O)NCC(N)=O)cc1. The second kappa shape index (κ2) is 31.7. The van der Waals surface area contributed by atoms with Gasteiger partial charge in [-0.2, -0.15) is 25.3 Å². The van der Waals surface area contributed by atoms with Crippen LogP contribution in [-0.4, -0.2) is 155 Å². The van der Waals surface area contributed by atoms with E-state index in [2.05, 4.69) is 54.8 Å². The van der Waals surface area contributed by atoms with Crippen molar-refractivity contribution in [3.63, 3.8) is 0 Å². The molecule has 0 spiro atoms. The molecule has 1 saturated heterocycles. The zero-order valence-electron chi connectivity index (χ0n) is 44.0. The number of carbonyl (C=O) groups is 11. The molecule has 0 unspecified atom stereocenters. The number of nitrogens with zero attached hydrogens (tertiary/aromatic N) is 2. The number of benzene rings is 2. The zero-order valence-corrected chi connectivity index (χ0v) is 45.8. The summed E-state index contributed by atoms with van der Waals surface area (Å²) < 4.78 is 4.73. The molecule has 1 saturated carbocycles. The highest BCUT2D eigenvalue weighted by Crippen LogP contribution is 2.38. The minimum Gasteiger partial charge on any atom is -0.497 e. The molecule has 11 amide bonds. The number of carbonyl (C=O) groups excluding carboxylic acids is 11. The lowest BCUT2D eigenvalue weighted by atomic mass is 9.99. The van der Waals surface area contributed by atoms with Crippen molar-refractivity contribution in [2.45, 2.75) is 137 Å². The van der Waals surface area contributed by atoms with Crippen molar-refractivity contribution in [3.8, 4) is 5.75 Å². The number of thiol groups is 2. The Bertz CT molecular complexity index is 2510. The molecule has 0 bridgehead atoms. The number of aliphatic imine (C=N–C) groups is 1. The van der Waals surface area contributed by atoms with Gasteiger partial charge in [-0.25, -0.2) is 0 Å². The molecule has 1 aliphatic carbocycles. The average molecular weight is 1140 g/mol. The fourth-order valence-corrected chi connectivity index (χ4v) is 9.81. The van der Waals surface area contributed by atoms with Crippen LogP contribution in [-0.2, 0) is 65.6 Å². The van der Waals surface area contributed by atoms with Gasteiger partial charge >= 0.3 is 0 Å². The molecule has 28 heteroatoms. The Hall–Kier alpha value is -7.62. The molecule has 2 fully saturated rings. The van der Waals surface area contributed by atoms with Crippen LogP contribution in [0.1, 0.15) is 88.2 Å². The number of hydrogen-bond donors (Lipinski definition) is 14.